The van der Waals surface area contributed by atoms with E-state index in [9.17, 15) is 0 Å². The first-order valence-electron chi connectivity index (χ1n) is 1.40. The quantitative estimate of drug-likeness (QED) is 0.650. The van der Waals surface area contributed by atoms with Crippen molar-refractivity contribution in [3.05, 3.63) is 0 Å². The molecule has 7 heavy (non-hydrogen) atoms. The van der Waals surface area contributed by atoms with Crippen LogP contribution >= 0.6 is 0 Å². The number of rotatable bonds is 2. The molecule has 4 heteroatoms. The van der Waals surface area contributed by atoms with Gasteiger partial charge in [-0.3, -0.25) is 0 Å². The van der Waals surface area contributed by atoms with E-state index in [1.807, 2.05) is 0 Å². The summed E-state index contributed by atoms with van der Waals surface area (Å²) < 4.78 is 4.03. The first-order chi connectivity index (χ1) is 2.41. The molecule has 0 unspecified atom stereocenters. The Bertz CT molecular complexity index is 32.1. The molecule has 36 valence electrons. The molecule has 0 rings (SSSR count). The van der Waals surface area contributed by atoms with Crippen LogP contribution in [-0.2, 0) is 74.9 Å². The van der Waals surface area contributed by atoms with E-state index in [-0.39, 0.29) is 65.4 Å². The smallest absolute Gasteiger partial charge is 0.0451 e. The molecule has 0 saturated heterocycles. The summed E-state index contributed by atoms with van der Waals surface area (Å²) in [5.41, 5.74) is 0. The van der Waals surface area contributed by atoms with Crippen LogP contribution in [0.4, 0.5) is 0 Å². The topological polar surface area (TPSA) is 26.3 Å². The van der Waals surface area contributed by atoms with E-state index in [0.717, 1.165) is 0 Å². The van der Waals surface area contributed by atoms with Gasteiger partial charge in [0.15, 0.2) is 0 Å². The van der Waals surface area contributed by atoms with Crippen molar-refractivity contribution in [3.63, 3.8) is 0 Å². The van der Waals surface area contributed by atoms with Crippen molar-refractivity contribution >= 4 is 6.47 Å². The number of carbonyl (C=O) groups excluding carboxylic acids is 1. The molecule has 2 nitrogen and oxygen atoms in total. The van der Waals surface area contributed by atoms with Gasteiger partial charge in [0.2, 0.25) is 0 Å². The van der Waals surface area contributed by atoms with Gasteiger partial charge in [0, 0.05) is 72.0 Å². The molecule has 0 heterocycles. The molecule has 0 saturated carbocycles. The molecule has 0 fully saturated rings. The van der Waals surface area contributed by atoms with E-state index < -0.39 is 0 Å². The molecular weight excluding hydrogens is 246 g/mol. The van der Waals surface area contributed by atoms with Crippen LogP contribution < -0.4 is 0 Å². The fourth-order valence-electron chi connectivity index (χ4n) is 0.0589. The summed E-state index contributed by atoms with van der Waals surface area (Å²) in [5.74, 6) is 0. The van der Waals surface area contributed by atoms with Gasteiger partial charge >= 0.3 is 0 Å². The minimum absolute atomic E-state index is 0. The minimum Gasteiger partial charge on any atom is -0.653 e. The Hall–Kier alpha value is 1.68. The van der Waals surface area contributed by atoms with Gasteiger partial charge in [0.1, 0.15) is 0 Å². The minimum atomic E-state index is 0. The molecular formula is C3H5O2Y2-. The van der Waals surface area contributed by atoms with E-state index in [1.165, 1.54) is 6.47 Å². The Labute approximate surface area is 93.5 Å². The van der Waals surface area contributed by atoms with Gasteiger partial charge in [-0.05, 0) is 6.92 Å². The average molecular weight is 251 g/mol. The summed E-state index contributed by atoms with van der Waals surface area (Å²) in [6.07, 6.45) is 0. The van der Waals surface area contributed by atoms with Crippen molar-refractivity contribution in [2.24, 2.45) is 0 Å². The second-order valence-corrected chi connectivity index (χ2v) is 0.516. The Morgan fingerprint density at radius 3 is 2.00 bits per heavy atom. The number of ether oxygens (including phenoxy) is 1. The fourth-order valence-corrected chi connectivity index (χ4v) is 0.0589. The first-order valence-corrected chi connectivity index (χ1v) is 1.40. The molecule has 2 radical (unpaired) electrons. The second-order valence-electron chi connectivity index (χ2n) is 0.516. The Balaban J connectivity index is -0.0000000800. The summed E-state index contributed by atoms with van der Waals surface area (Å²) in [6.45, 7) is 3.41. The summed E-state index contributed by atoms with van der Waals surface area (Å²) in [7, 11) is 0. The molecule has 0 aromatic heterocycles. The van der Waals surface area contributed by atoms with Crippen LogP contribution in [0.25, 0.3) is 0 Å². The third kappa shape index (κ3) is 18.3. The number of hydrogen-bond donors (Lipinski definition) is 0. The van der Waals surface area contributed by atoms with E-state index >= 15 is 0 Å². The maximum absolute atomic E-state index is 9.06. The summed E-state index contributed by atoms with van der Waals surface area (Å²) >= 11 is 0. The summed E-state index contributed by atoms with van der Waals surface area (Å²) in [4.78, 5) is 9.06. The molecule has 0 aliphatic heterocycles. The number of hydrogen-bond acceptors (Lipinski definition) is 2. The zero-order valence-electron chi connectivity index (χ0n) is 4.18. The maximum atomic E-state index is 9.06. The first kappa shape index (κ1) is 15.9. The van der Waals surface area contributed by atoms with Crippen LogP contribution in [0.15, 0.2) is 0 Å². The Morgan fingerprint density at radius 2 is 2.00 bits per heavy atom. The molecule has 0 aliphatic rings. The zero-order valence-corrected chi connectivity index (χ0v) is 9.85. The van der Waals surface area contributed by atoms with Crippen LogP contribution in [0, 0.1) is 0 Å². The predicted octanol–water partition coefficient (Wildman–Crippen LogP) is 0.0851. The van der Waals surface area contributed by atoms with Gasteiger partial charge in [-0.25, -0.2) is 0 Å². The fraction of sp³-hybridized carbons (Fsp3) is 0.667. The van der Waals surface area contributed by atoms with Gasteiger partial charge < -0.3 is 9.53 Å². The average Bonchev–Trinajstić information content (AvgIpc) is 1.41. The molecule has 0 aromatic carbocycles. The van der Waals surface area contributed by atoms with E-state index in [2.05, 4.69) is 4.74 Å². The second kappa shape index (κ2) is 15.6. The predicted molar refractivity (Wildman–Crippen MR) is 17.3 cm³/mol. The van der Waals surface area contributed by atoms with Gasteiger partial charge in [-0.2, -0.15) is 0 Å². The van der Waals surface area contributed by atoms with Gasteiger partial charge in [0.25, 0.3) is 0 Å². The van der Waals surface area contributed by atoms with E-state index in [1.54, 1.807) is 6.92 Å². The van der Waals surface area contributed by atoms with Crippen molar-refractivity contribution in [2.75, 3.05) is 6.61 Å². The molecule has 0 N–H and O–H groups in total. The Morgan fingerprint density at radius 1 is 1.57 bits per heavy atom. The summed E-state index contributed by atoms with van der Waals surface area (Å²) in [6, 6.07) is 0. The monoisotopic (exact) mass is 251 g/mol. The molecule has 0 amide bonds. The van der Waals surface area contributed by atoms with Crippen molar-refractivity contribution in [2.45, 2.75) is 6.92 Å². The van der Waals surface area contributed by atoms with Crippen LogP contribution in [0.2, 0.25) is 0 Å². The molecule has 0 bridgehead atoms. The standard InChI is InChI=1S/C3H5O2.2Y/c1-2-5-3-4;;/h2H2,1H3;;/q-1;;. The zero-order chi connectivity index (χ0) is 4.12. The van der Waals surface area contributed by atoms with Crippen LogP contribution in [-0.4, -0.2) is 13.1 Å². The van der Waals surface area contributed by atoms with Crippen LogP contribution in [0.1, 0.15) is 6.92 Å². The molecule has 0 aliphatic carbocycles. The Kier molecular flexibility index (Phi) is 35.5. The van der Waals surface area contributed by atoms with E-state index in [0.29, 0.717) is 6.61 Å². The van der Waals surface area contributed by atoms with E-state index in [4.69, 9.17) is 4.79 Å². The van der Waals surface area contributed by atoms with Crippen molar-refractivity contribution in [1.82, 2.24) is 0 Å². The molecule has 0 aromatic rings. The third-order valence-corrected chi connectivity index (χ3v) is 0.203. The molecule has 0 atom stereocenters. The van der Waals surface area contributed by atoms with Crippen LogP contribution in [0.3, 0.4) is 0 Å². The normalized spacial score (nSPS) is 4.71. The van der Waals surface area contributed by atoms with Crippen molar-refractivity contribution < 1.29 is 74.9 Å². The van der Waals surface area contributed by atoms with Crippen molar-refractivity contribution in [3.8, 4) is 0 Å². The third-order valence-electron chi connectivity index (χ3n) is 0.203. The van der Waals surface area contributed by atoms with Gasteiger partial charge in [-0.1, -0.05) is 6.47 Å². The van der Waals surface area contributed by atoms with Crippen molar-refractivity contribution in [1.29, 1.82) is 0 Å². The molecule has 0 spiro atoms. The SMILES string of the molecule is CCO[C-]=O.[Y].[Y]. The summed E-state index contributed by atoms with van der Waals surface area (Å²) in [5, 5.41) is 0. The largest absolute Gasteiger partial charge is 0.653 e. The van der Waals surface area contributed by atoms with Crippen LogP contribution in [0.5, 0.6) is 0 Å². The van der Waals surface area contributed by atoms with Gasteiger partial charge in [0.05, 0.1) is 0 Å². The maximum Gasteiger partial charge on any atom is 0.0451 e. The van der Waals surface area contributed by atoms with Gasteiger partial charge in [-0.15, -0.1) is 0 Å².